The Labute approximate surface area is 140 Å². The van der Waals surface area contributed by atoms with E-state index in [0.29, 0.717) is 17.8 Å². The molecule has 2 heterocycles. The summed E-state index contributed by atoms with van der Waals surface area (Å²) in [6.07, 6.45) is 4.28. The molecule has 3 rings (SSSR count). The van der Waals surface area contributed by atoms with Gasteiger partial charge in [0, 0.05) is 25.2 Å². The standard InChI is InChI=1S/C16H21N5OS/c1-3-18-15(17-2)21-16-20-13(10-23-16)12-5-4-8-19-14(12)22-9-11-6-7-11/h4-5,8,10-11H,3,6-7,9H2,1-2H3,(H2,17,18,20,21). The number of ether oxygens (including phenoxy) is 1. The molecule has 1 aliphatic carbocycles. The molecule has 0 spiro atoms. The molecule has 0 radical (unpaired) electrons. The van der Waals surface area contributed by atoms with E-state index in [9.17, 15) is 0 Å². The van der Waals surface area contributed by atoms with Gasteiger partial charge in [-0.2, -0.15) is 0 Å². The van der Waals surface area contributed by atoms with Gasteiger partial charge in [0.1, 0.15) is 0 Å². The van der Waals surface area contributed by atoms with E-state index >= 15 is 0 Å². The van der Waals surface area contributed by atoms with Crippen molar-refractivity contribution in [2.45, 2.75) is 19.8 Å². The number of hydrogen-bond donors (Lipinski definition) is 2. The van der Waals surface area contributed by atoms with E-state index in [-0.39, 0.29) is 0 Å². The minimum atomic E-state index is 0.660. The van der Waals surface area contributed by atoms with Crippen molar-refractivity contribution >= 4 is 22.4 Å². The van der Waals surface area contributed by atoms with Gasteiger partial charge in [0.15, 0.2) is 11.1 Å². The average molecular weight is 331 g/mol. The van der Waals surface area contributed by atoms with Crippen LogP contribution >= 0.6 is 11.3 Å². The summed E-state index contributed by atoms with van der Waals surface area (Å²) in [5, 5.41) is 9.13. The number of rotatable bonds is 6. The van der Waals surface area contributed by atoms with Crippen molar-refractivity contribution in [1.82, 2.24) is 15.3 Å². The van der Waals surface area contributed by atoms with Crippen LogP contribution in [0.1, 0.15) is 19.8 Å². The molecule has 0 aliphatic heterocycles. The van der Waals surface area contributed by atoms with Crippen LogP contribution in [0.15, 0.2) is 28.7 Å². The molecule has 122 valence electrons. The molecular weight excluding hydrogens is 310 g/mol. The van der Waals surface area contributed by atoms with Crippen molar-refractivity contribution in [3.8, 4) is 17.1 Å². The van der Waals surface area contributed by atoms with Crippen LogP contribution < -0.4 is 15.4 Å². The number of nitrogens with zero attached hydrogens (tertiary/aromatic N) is 3. The number of aromatic nitrogens is 2. The third-order valence-electron chi connectivity index (χ3n) is 3.50. The topological polar surface area (TPSA) is 71.4 Å². The summed E-state index contributed by atoms with van der Waals surface area (Å²) in [5.41, 5.74) is 1.79. The van der Waals surface area contributed by atoms with E-state index in [1.165, 1.54) is 24.2 Å². The first kappa shape index (κ1) is 15.7. The number of guanidine groups is 1. The smallest absolute Gasteiger partial charge is 0.222 e. The third-order valence-corrected chi connectivity index (χ3v) is 4.25. The highest BCUT2D eigenvalue weighted by Gasteiger charge is 2.23. The van der Waals surface area contributed by atoms with Crippen molar-refractivity contribution in [2.24, 2.45) is 10.9 Å². The monoisotopic (exact) mass is 331 g/mol. The maximum Gasteiger partial charge on any atom is 0.222 e. The summed E-state index contributed by atoms with van der Waals surface area (Å²) in [6, 6.07) is 3.90. The Hall–Kier alpha value is -2.15. The van der Waals surface area contributed by atoms with Crippen LogP contribution in [0, 0.1) is 5.92 Å². The minimum absolute atomic E-state index is 0.660. The molecule has 0 atom stereocenters. The number of anilines is 1. The summed E-state index contributed by atoms with van der Waals surface area (Å²) in [5.74, 6) is 2.07. The second-order valence-corrected chi connectivity index (χ2v) is 6.23. The number of hydrogen-bond acceptors (Lipinski definition) is 5. The van der Waals surface area contributed by atoms with Gasteiger partial charge in [-0.25, -0.2) is 9.97 Å². The third kappa shape index (κ3) is 4.19. The first-order chi connectivity index (χ1) is 11.3. The molecule has 6 nitrogen and oxygen atoms in total. The van der Waals surface area contributed by atoms with Crippen LogP contribution in [0.25, 0.3) is 11.3 Å². The highest BCUT2D eigenvalue weighted by molar-refractivity contribution is 7.14. The minimum Gasteiger partial charge on any atom is -0.477 e. The summed E-state index contributed by atoms with van der Waals surface area (Å²) in [4.78, 5) is 13.1. The van der Waals surface area contributed by atoms with Crippen LogP contribution in [0.5, 0.6) is 5.88 Å². The fourth-order valence-electron chi connectivity index (χ4n) is 2.08. The Morgan fingerprint density at radius 1 is 1.48 bits per heavy atom. The normalized spacial score (nSPS) is 14.6. The van der Waals surface area contributed by atoms with Crippen LogP contribution in [0.3, 0.4) is 0 Å². The first-order valence-electron chi connectivity index (χ1n) is 7.81. The number of thiazole rings is 1. The Morgan fingerprint density at radius 2 is 2.35 bits per heavy atom. The van der Waals surface area contributed by atoms with E-state index < -0.39 is 0 Å². The van der Waals surface area contributed by atoms with Gasteiger partial charge in [0.25, 0.3) is 0 Å². The SMILES string of the molecule is CCNC(=NC)Nc1nc(-c2cccnc2OCC2CC2)cs1. The lowest BCUT2D eigenvalue weighted by atomic mass is 10.2. The van der Waals surface area contributed by atoms with Crippen molar-refractivity contribution in [3.05, 3.63) is 23.7 Å². The predicted molar refractivity (Wildman–Crippen MR) is 94.2 cm³/mol. The Morgan fingerprint density at radius 3 is 3.09 bits per heavy atom. The number of pyridine rings is 1. The molecule has 0 unspecified atom stereocenters. The van der Waals surface area contributed by atoms with Crippen molar-refractivity contribution in [1.29, 1.82) is 0 Å². The zero-order valence-electron chi connectivity index (χ0n) is 13.4. The molecular formula is C16H21N5OS. The zero-order chi connectivity index (χ0) is 16.1. The van der Waals surface area contributed by atoms with Crippen LogP contribution in [0.4, 0.5) is 5.13 Å². The zero-order valence-corrected chi connectivity index (χ0v) is 14.2. The maximum absolute atomic E-state index is 5.86. The van der Waals surface area contributed by atoms with E-state index in [2.05, 4.69) is 25.6 Å². The van der Waals surface area contributed by atoms with Gasteiger partial charge in [-0.3, -0.25) is 4.99 Å². The molecule has 2 N–H and O–H groups in total. The van der Waals surface area contributed by atoms with Gasteiger partial charge in [-0.1, -0.05) is 0 Å². The molecule has 0 amide bonds. The highest BCUT2D eigenvalue weighted by Crippen LogP contribution is 2.33. The fraction of sp³-hybridized carbons (Fsp3) is 0.438. The van der Waals surface area contributed by atoms with E-state index in [0.717, 1.165) is 29.5 Å². The molecule has 2 aromatic rings. The van der Waals surface area contributed by atoms with E-state index in [1.54, 1.807) is 13.2 Å². The Bertz CT molecular complexity index is 681. The van der Waals surface area contributed by atoms with E-state index in [4.69, 9.17) is 4.74 Å². The number of nitrogens with one attached hydrogen (secondary N) is 2. The van der Waals surface area contributed by atoms with Gasteiger partial charge in [0.05, 0.1) is 17.9 Å². The molecule has 2 aromatic heterocycles. The molecule has 0 aromatic carbocycles. The van der Waals surface area contributed by atoms with Crippen LogP contribution in [0.2, 0.25) is 0 Å². The Balaban J connectivity index is 1.74. The molecule has 23 heavy (non-hydrogen) atoms. The first-order valence-corrected chi connectivity index (χ1v) is 8.69. The molecule has 7 heteroatoms. The average Bonchev–Trinajstić information content (AvgIpc) is 3.30. The fourth-order valence-corrected chi connectivity index (χ4v) is 2.79. The van der Waals surface area contributed by atoms with Crippen molar-refractivity contribution in [2.75, 3.05) is 25.5 Å². The second-order valence-electron chi connectivity index (χ2n) is 5.38. The van der Waals surface area contributed by atoms with Gasteiger partial charge in [-0.15, -0.1) is 11.3 Å². The van der Waals surface area contributed by atoms with Gasteiger partial charge < -0.3 is 15.4 Å². The molecule has 1 saturated carbocycles. The van der Waals surface area contributed by atoms with E-state index in [1.807, 2.05) is 24.4 Å². The summed E-state index contributed by atoms with van der Waals surface area (Å²) < 4.78 is 5.86. The molecule has 1 fully saturated rings. The molecule has 0 saturated heterocycles. The molecule has 0 bridgehead atoms. The predicted octanol–water partition coefficient (Wildman–Crippen LogP) is 3.00. The van der Waals surface area contributed by atoms with Gasteiger partial charge >= 0.3 is 0 Å². The highest BCUT2D eigenvalue weighted by atomic mass is 32.1. The van der Waals surface area contributed by atoms with Gasteiger partial charge in [0.2, 0.25) is 5.88 Å². The van der Waals surface area contributed by atoms with Crippen molar-refractivity contribution < 1.29 is 4.74 Å². The lowest BCUT2D eigenvalue weighted by molar-refractivity contribution is 0.290. The summed E-state index contributed by atoms with van der Waals surface area (Å²) in [6.45, 7) is 3.57. The lowest BCUT2D eigenvalue weighted by Crippen LogP contribution is -2.30. The second kappa shape index (κ2) is 7.41. The summed E-state index contributed by atoms with van der Waals surface area (Å²) >= 11 is 1.53. The van der Waals surface area contributed by atoms with Crippen LogP contribution in [-0.4, -0.2) is 36.1 Å². The number of aliphatic imine (C=N–C) groups is 1. The van der Waals surface area contributed by atoms with Crippen LogP contribution in [-0.2, 0) is 0 Å². The maximum atomic E-state index is 5.86. The summed E-state index contributed by atoms with van der Waals surface area (Å²) in [7, 11) is 1.74. The Kier molecular flexibility index (Phi) is 5.07. The van der Waals surface area contributed by atoms with Crippen molar-refractivity contribution in [3.63, 3.8) is 0 Å². The lowest BCUT2D eigenvalue weighted by Gasteiger charge is -2.08. The quantitative estimate of drug-likeness (QED) is 0.629. The molecule has 1 aliphatic rings. The van der Waals surface area contributed by atoms with Gasteiger partial charge in [-0.05, 0) is 37.8 Å². The largest absolute Gasteiger partial charge is 0.477 e.